The Bertz CT molecular complexity index is 1190. The van der Waals surface area contributed by atoms with Crippen LogP contribution in [0.25, 0.3) is 5.70 Å². The van der Waals surface area contributed by atoms with Crippen molar-refractivity contribution in [2.75, 3.05) is 18.5 Å². The monoisotopic (exact) mass is 525 g/mol. The standard InChI is InChI=1S/C28H33F2N5O3/c1-18-8-9-23(35-27(36)22-10-14-37-15-11-22)16-24(18)26(34-21(4)25-17-31-12-13-32-25)33-19(2)6-5-7-20(3)38-28(29)30/h5-9,12-13,16-17,20,22,28H,4,10-11,14-15H2,1-3H3,(H,33,34)(H,35,36)/b7-5-,19-6+. The summed E-state index contributed by atoms with van der Waals surface area (Å²) >= 11 is 0. The third kappa shape index (κ3) is 8.97. The van der Waals surface area contributed by atoms with Gasteiger partial charge in [-0.1, -0.05) is 24.8 Å². The van der Waals surface area contributed by atoms with Crippen molar-refractivity contribution < 1.29 is 23.0 Å². The number of carbonyl (C=O) groups excluding carboxylic acids is 1. The molecule has 1 fully saturated rings. The number of aryl methyl sites for hydroxylation is 1. The molecular weight excluding hydrogens is 492 g/mol. The lowest BCUT2D eigenvalue weighted by Crippen LogP contribution is -2.29. The minimum absolute atomic E-state index is 0.0418. The molecular formula is C28H33F2N5O3. The van der Waals surface area contributed by atoms with E-state index < -0.39 is 12.7 Å². The molecule has 0 bridgehead atoms. The Morgan fingerprint density at radius 1 is 1.29 bits per heavy atom. The first-order valence-corrected chi connectivity index (χ1v) is 12.3. The maximum atomic E-state index is 12.8. The number of hydrogen-bond acceptors (Lipinski definition) is 6. The lowest BCUT2D eigenvalue weighted by Gasteiger charge is -2.21. The van der Waals surface area contributed by atoms with E-state index in [0.717, 1.165) is 11.1 Å². The molecule has 1 aromatic heterocycles. The molecule has 8 nitrogen and oxygen atoms in total. The number of amides is 1. The number of benzene rings is 1. The van der Waals surface area contributed by atoms with Gasteiger partial charge in [-0.15, -0.1) is 0 Å². The zero-order valence-electron chi connectivity index (χ0n) is 21.8. The van der Waals surface area contributed by atoms with E-state index in [9.17, 15) is 13.6 Å². The van der Waals surface area contributed by atoms with Crippen molar-refractivity contribution in [1.82, 2.24) is 15.3 Å². The number of aromatic nitrogens is 2. The summed E-state index contributed by atoms with van der Waals surface area (Å²) in [5.41, 5.74) is 3.88. The van der Waals surface area contributed by atoms with Crippen LogP contribution in [0.15, 0.2) is 72.3 Å². The number of alkyl halides is 2. The number of halogens is 2. The molecule has 2 aromatic rings. The van der Waals surface area contributed by atoms with E-state index in [1.807, 2.05) is 32.0 Å². The number of anilines is 1. The molecule has 202 valence electrons. The molecule has 38 heavy (non-hydrogen) atoms. The molecule has 0 spiro atoms. The van der Waals surface area contributed by atoms with Crippen LogP contribution in [0.4, 0.5) is 14.5 Å². The van der Waals surface area contributed by atoms with Crippen LogP contribution in [0, 0.1) is 12.8 Å². The summed E-state index contributed by atoms with van der Waals surface area (Å²) in [6.45, 7) is 7.63. The van der Waals surface area contributed by atoms with Crippen molar-refractivity contribution in [1.29, 1.82) is 0 Å². The fraction of sp³-hybridized carbons (Fsp3) is 0.357. The van der Waals surface area contributed by atoms with Crippen LogP contribution in [-0.4, -0.2) is 47.6 Å². The van der Waals surface area contributed by atoms with E-state index >= 15 is 0 Å². The van der Waals surface area contributed by atoms with E-state index in [1.54, 1.807) is 30.7 Å². The summed E-state index contributed by atoms with van der Waals surface area (Å²) in [6, 6.07) is 5.60. The number of aliphatic imine (C=N–C) groups is 1. The molecule has 1 aliphatic rings. The maximum absolute atomic E-state index is 12.8. The SMILES string of the molecule is C=C(N=C(N/C(C)=C/C=C\C(C)OC(F)F)c1cc(NC(=O)C2CCOCC2)ccc1C)c1cnccn1. The molecule has 2 N–H and O–H groups in total. The molecule has 3 rings (SSSR count). The zero-order valence-corrected chi connectivity index (χ0v) is 21.8. The summed E-state index contributed by atoms with van der Waals surface area (Å²) in [5, 5.41) is 6.28. The summed E-state index contributed by atoms with van der Waals surface area (Å²) in [4.78, 5) is 25.8. The zero-order chi connectivity index (χ0) is 27.5. The van der Waals surface area contributed by atoms with Gasteiger partial charge in [0, 0.05) is 48.5 Å². The van der Waals surface area contributed by atoms with Crippen LogP contribution in [0.5, 0.6) is 0 Å². The van der Waals surface area contributed by atoms with Gasteiger partial charge in [0.15, 0.2) is 0 Å². The van der Waals surface area contributed by atoms with Gasteiger partial charge in [-0.2, -0.15) is 8.78 Å². The first-order chi connectivity index (χ1) is 18.2. The molecule has 0 aliphatic carbocycles. The molecule has 1 atom stereocenters. The van der Waals surface area contributed by atoms with Crippen molar-refractivity contribution in [3.63, 3.8) is 0 Å². The number of hydrogen-bond donors (Lipinski definition) is 2. The van der Waals surface area contributed by atoms with E-state index in [-0.39, 0.29) is 11.8 Å². The quantitative estimate of drug-likeness (QED) is 0.250. The Morgan fingerprint density at radius 2 is 2.05 bits per heavy atom. The lowest BCUT2D eigenvalue weighted by atomic mass is 9.99. The summed E-state index contributed by atoms with van der Waals surface area (Å²) in [6.07, 6.45) is 10.2. The van der Waals surface area contributed by atoms with Crippen LogP contribution in [-0.2, 0) is 14.3 Å². The number of amidine groups is 1. The Labute approximate surface area is 221 Å². The highest BCUT2D eigenvalue weighted by molar-refractivity contribution is 6.05. The van der Waals surface area contributed by atoms with Crippen molar-refractivity contribution in [3.05, 3.63) is 84.1 Å². The number of nitrogens with one attached hydrogen (secondary N) is 2. The summed E-state index contributed by atoms with van der Waals surface area (Å²) < 4.78 is 34.6. The minimum atomic E-state index is -2.84. The van der Waals surface area contributed by atoms with Gasteiger partial charge in [0.25, 0.3) is 0 Å². The Kier molecular flexibility index (Phi) is 10.8. The Balaban J connectivity index is 1.88. The van der Waals surface area contributed by atoms with Crippen LogP contribution >= 0.6 is 0 Å². The lowest BCUT2D eigenvalue weighted by molar-refractivity contribution is -0.145. The molecule has 0 saturated carbocycles. The first kappa shape index (κ1) is 28.8. The molecule has 1 aromatic carbocycles. The van der Waals surface area contributed by atoms with Gasteiger partial charge >= 0.3 is 6.61 Å². The van der Waals surface area contributed by atoms with Crippen molar-refractivity contribution >= 4 is 23.1 Å². The van der Waals surface area contributed by atoms with E-state index in [2.05, 4.69) is 31.9 Å². The van der Waals surface area contributed by atoms with Gasteiger partial charge in [-0.05, 0) is 57.4 Å². The van der Waals surface area contributed by atoms with Crippen LogP contribution in [0.3, 0.4) is 0 Å². The number of ether oxygens (including phenoxy) is 2. The predicted octanol–water partition coefficient (Wildman–Crippen LogP) is 5.24. The van der Waals surface area contributed by atoms with Crippen LogP contribution in [0.1, 0.15) is 43.5 Å². The van der Waals surface area contributed by atoms with Crippen LogP contribution in [0.2, 0.25) is 0 Å². The third-order valence-corrected chi connectivity index (χ3v) is 5.82. The topological polar surface area (TPSA) is 97.7 Å². The minimum Gasteiger partial charge on any atom is -0.381 e. The second-order valence-corrected chi connectivity index (χ2v) is 8.86. The van der Waals surface area contributed by atoms with Crippen molar-refractivity contribution in [2.45, 2.75) is 46.3 Å². The molecule has 2 heterocycles. The second-order valence-electron chi connectivity index (χ2n) is 8.86. The van der Waals surface area contributed by atoms with Crippen LogP contribution < -0.4 is 10.6 Å². The van der Waals surface area contributed by atoms with E-state index in [4.69, 9.17) is 9.73 Å². The third-order valence-electron chi connectivity index (χ3n) is 5.82. The van der Waals surface area contributed by atoms with Crippen molar-refractivity contribution in [3.8, 4) is 0 Å². The highest BCUT2D eigenvalue weighted by atomic mass is 19.3. The first-order valence-electron chi connectivity index (χ1n) is 12.3. The van der Waals surface area contributed by atoms with E-state index in [1.165, 1.54) is 13.0 Å². The fourth-order valence-electron chi connectivity index (χ4n) is 3.75. The molecule has 10 heteroatoms. The molecule has 1 amide bonds. The molecule has 1 saturated heterocycles. The van der Waals surface area contributed by atoms with Gasteiger partial charge in [0.05, 0.1) is 18.0 Å². The smallest absolute Gasteiger partial charge is 0.345 e. The number of rotatable bonds is 10. The number of nitrogens with zero attached hydrogens (tertiary/aromatic N) is 3. The van der Waals surface area contributed by atoms with E-state index in [0.29, 0.717) is 54.7 Å². The fourth-order valence-corrected chi connectivity index (χ4v) is 3.75. The molecule has 0 radical (unpaired) electrons. The van der Waals surface area contributed by atoms with Gasteiger partial charge in [-0.3, -0.25) is 14.8 Å². The largest absolute Gasteiger partial charge is 0.381 e. The van der Waals surface area contributed by atoms with Gasteiger partial charge in [0.2, 0.25) is 5.91 Å². The molecule has 1 unspecified atom stereocenters. The predicted molar refractivity (Wildman–Crippen MR) is 144 cm³/mol. The van der Waals surface area contributed by atoms with Gasteiger partial charge in [0.1, 0.15) is 11.5 Å². The maximum Gasteiger partial charge on any atom is 0.345 e. The number of allylic oxidation sites excluding steroid dienone is 3. The molecule has 1 aliphatic heterocycles. The number of carbonyl (C=O) groups is 1. The highest BCUT2D eigenvalue weighted by Gasteiger charge is 2.22. The summed E-state index contributed by atoms with van der Waals surface area (Å²) in [7, 11) is 0. The highest BCUT2D eigenvalue weighted by Crippen LogP contribution is 2.22. The average molecular weight is 526 g/mol. The Hall–Kier alpha value is -3.76. The Morgan fingerprint density at radius 3 is 2.74 bits per heavy atom. The van der Waals surface area contributed by atoms with Gasteiger partial charge < -0.3 is 20.1 Å². The summed E-state index contributed by atoms with van der Waals surface area (Å²) in [5.74, 6) is 0.337. The average Bonchev–Trinajstić information content (AvgIpc) is 2.90. The normalized spacial score (nSPS) is 16.1. The second kappa shape index (κ2) is 14.3. The van der Waals surface area contributed by atoms with Gasteiger partial charge in [-0.25, -0.2) is 4.99 Å². The van der Waals surface area contributed by atoms with Crippen molar-refractivity contribution in [2.24, 2.45) is 10.9 Å².